The topological polar surface area (TPSA) is 403 Å². The number of hydrogen-bond donors (Lipinski definition) is 11. The molecule has 3 heterocycles. The summed E-state index contributed by atoms with van der Waals surface area (Å²) in [4.78, 5) is 50.2. The molecule has 26 nitrogen and oxygen atoms in total. The van der Waals surface area contributed by atoms with E-state index in [0.29, 0.717) is 0 Å². The van der Waals surface area contributed by atoms with E-state index >= 15 is 0 Å². The molecule has 0 aromatic heterocycles. The van der Waals surface area contributed by atoms with E-state index in [0.717, 1.165) is 38.2 Å². The minimum Gasteiger partial charge on any atom is -0.394 e. The summed E-state index contributed by atoms with van der Waals surface area (Å²) in [6, 6.07) is -3.43. The van der Waals surface area contributed by atoms with Crippen molar-refractivity contribution in [2.45, 2.75) is 152 Å². The Kier molecular flexibility index (Phi) is 23.7. The molecule has 27 heteroatoms. The van der Waals surface area contributed by atoms with Crippen molar-refractivity contribution < 1.29 is 97.1 Å². The molecule has 3 fully saturated rings. The number of carbonyl (C=O) groups excluding carboxylic acids is 3. The van der Waals surface area contributed by atoms with E-state index in [1.54, 1.807) is 0 Å². The Hall–Kier alpha value is -3.47. The fourth-order valence-electron chi connectivity index (χ4n) is 7.03. The van der Waals surface area contributed by atoms with Crippen LogP contribution in [0.5, 0.6) is 0 Å². The zero-order chi connectivity index (χ0) is 49.3. The summed E-state index contributed by atoms with van der Waals surface area (Å²) >= 11 is 0. The summed E-state index contributed by atoms with van der Waals surface area (Å²) in [6.45, 7) is 5.98. The summed E-state index contributed by atoms with van der Waals surface area (Å²) < 4.78 is 57.4. The summed E-state index contributed by atoms with van der Waals surface area (Å²) in [5.74, 6) is -3.13. The maximum Gasteiger partial charge on any atom is 0.474 e. The number of amides is 3. The first kappa shape index (κ1) is 56.9. The molecule has 0 radical (unpaired) electrons. The molecular weight excluding hydrogens is 903 g/mol. The van der Waals surface area contributed by atoms with Crippen LogP contribution in [0.2, 0.25) is 0 Å². The molecule has 0 aliphatic carbocycles. The second-order valence-corrected chi connectivity index (χ2v) is 17.5. The van der Waals surface area contributed by atoms with Gasteiger partial charge in [-0.25, -0.2) is 4.57 Å². The van der Waals surface area contributed by atoms with Gasteiger partial charge in [0.15, 0.2) is 25.0 Å². The molecule has 16 atom stereocenters. The Balaban J connectivity index is 1.75. The molecule has 376 valence electrons. The van der Waals surface area contributed by atoms with E-state index < -0.39 is 144 Å². The second-order valence-electron chi connectivity index (χ2n) is 16.1. The number of nitrogens with two attached hydrogens (primary N) is 1. The minimum atomic E-state index is -5.20. The van der Waals surface area contributed by atoms with Crippen molar-refractivity contribution in [2.75, 3.05) is 39.6 Å². The molecule has 0 aromatic rings. The highest BCUT2D eigenvalue weighted by Gasteiger charge is 2.56. The third kappa shape index (κ3) is 17.2. The number of aliphatic hydroxyl groups excluding tert-OH is 7. The summed E-state index contributed by atoms with van der Waals surface area (Å²) in [5, 5.41) is 82.9. The molecule has 7 unspecified atom stereocenters. The van der Waals surface area contributed by atoms with Crippen molar-refractivity contribution in [1.29, 1.82) is 0 Å². The molecule has 66 heavy (non-hydrogen) atoms. The van der Waals surface area contributed by atoms with Gasteiger partial charge in [0.1, 0.15) is 73.6 Å². The van der Waals surface area contributed by atoms with Gasteiger partial charge < -0.3 is 85.4 Å². The lowest BCUT2D eigenvalue weighted by Crippen LogP contribution is -2.70. The van der Waals surface area contributed by atoms with E-state index in [9.17, 15) is 59.6 Å². The van der Waals surface area contributed by atoms with Crippen molar-refractivity contribution in [2.24, 2.45) is 10.8 Å². The van der Waals surface area contributed by atoms with Crippen molar-refractivity contribution >= 4 is 25.5 Å². The molecule has 3 aliphatic heterocycles. The van der Waals surface area contributed by atoms with Crippen LogP contribution in [0.1, 0.15) is 60.3 Å². The summed E-state index contributed by atoms with van der Waals surface area (Å²) in [5.41, 5.74) is 17.6. The molecule has 0 spiro atoms. The third-order valence-corrected chi connectivity index (χ3v) is 11.5. The number of nitrogens with zero attached hydrogens (tertiary/aromatic N) is 3. The predicted octanol–water partition coefficient (Wildman–Crippen LogP) is -1.92. The summed E-state index contributed by atoms with van der Waals surface area (Å²) in [6.07, 6.45) is -15.5. The van der Waals surface area contributed by atoms with Gasteiger partial charge in [-0.1, -0.05) is 40.1 Å². The number of carbonyl (C=O) groups is 3. The first-order chi connectivity index (χ1) is 31.1. The fourth-order valence-corrected chi connectivity index (χ4v) is 7.83. The smallest absolute Gasteiger partial charge is 0.394 e. The van der Waals surface area contributed by atoms with Crippen LogP contribution >= 0.6 is 7.82 Å². The molecule has 3 aliphatic rings. The highest BCUT2D eigenvalue weighted by Crippen LogP contribution is 2.47. The maximum absolute atomic E-state index is 13.2. The third-order valence-electron chi connectivity index (χ3n) is 10.5. The van der Waals surface area contributed by atoms with E-state index in [-0.39, 0.29) is 13.2 Å². The Morgan fingerprint density at radius 3 is 1.94 bits per heavy atom. The van der Waals surface area contributed by atoms with Gasteiger partial charge in [-0.15, -0.1) is 0 Å². The van der Waals surface area contributed by atoms with Gasteiger partial charge in [-0.3, -0.25) is 23.4 Å². The number of phosphoric ester groups is 1. The van der Waals surface area contributed by atoms with Gasteiger partial charge in [-0.05, 0) is 58.9 Å². The number of phosphoric acid groups is 1. The number of azide groups is 1. The second kappa shape index (κ2) is 27.5. The zero-order valence-electron chi connectivity index (χ0n) is 37.3. The van der Waals surface area contributed by atoms with Crippen molar-refractivity contribution in [3.63, 3.8) is 0 Å². The van der Waals surface area contributed by atoms with E-state index in [1.165, 1.54) is 11.1 Å². The highest BCUT2D eigenvalue weighted by atomic mass is 31.2. The van der Waals surface area contributed by atoms with Crippen LogP contribution in [0, 0.1) is 0 Å². The van der Waals surface area contributed by atoms with Crippen LogP contribution in [0.3, 0.4) is 0 Å². The molecule has 3 saturated heterocycles. The van der Waals surface area contributed by atoms with Crippen LogP contribution in [0.4, 0.5) is 0 Å². The summed E-state index contributed by atoms with van der Waals surface area (Å²) in [7, 11) is -5.20. The number of primary amides is 1. The largest absolute Gasteiger partial charge is 0.474 e. The monoisotopic (exact) mass is 968 g/mol. The Morgan fingerprint density at radius 1 is 0.758 bits per heavy atom. The molecule has 0 bridgehead atoms. The number of hydrogen-bond acceptors (Lipinski definition) is 20. The molecule has 0 aromatic carbocycles. The van der Waals surface area contributed by atoms with Gasteiger partial charge >= 0.3 is 7.82 Å². The van der Waals surface area contributed by atoms with Gasteiger partial charge in [0, 0.05) is 11.8 Å². The van der Waals surface area contributed by atoms with Crippen LogP contribution in [0.25, 0.3) is 10.4 Å². The molecular formula is C39H65N6O20P. The number of allylic oxidation sites excluding steroid dienone is 5. The first-order valence-electron chi connectivity index (χ1n) is 21.1. The van der Waals surface area contributed by atoms with Gasteiger partial charge in [-0.2, -0.15) is 0 Å². The molecule has 3 rings (SSSR count). The Bertz CT molecular complexity index is 1780. The Labute approximate surface area is 380 Å². The van der Waals surface area contributed by atoms with Crippen LogP contribution in [-0.2, 0) is 56.4 Å². The fraction of sp³-hybridized carbons (Fsp3) is 0.769. The van der Waals surface area contributed by atoms with Crippen LogP contribution < -0.4 is 16.4 Å². The van der Waals surface area contributed by atoms with E-state index in [2.05, 4.69) is 53.6 Å². The van der Waals surface area contributed by atoms with Crippen molar-refractivity contribution in [3.8, 4) is 0 Å². The lowest BCUT2D eigenvalue weighted by molar-refractivity contribution is -0.358. The number of ether oxygens (including phenoxy) is 6. The number of aliphatic hydroxyl groups is 7. The maximum atomic E-state index is 13.2. The van der Waals surface area contributed by atoms with Crippen molar-refractivity contribution in [1.82, 2.24) is 10.6 Å². The van der Waals surface area contributed by atoms with E-state index in [1.807, 2.05) is 13.0 Å². The number of rotatable bonds is 25. The SMILES string of the molecule is CC(=O)NC1[C@H](OC2[C@@H](OP(=O)(O)OCCOC/C=C(/C)CC/C=C(\C)CCC=C(C)C)OC(C(N)=O)[C@H](O)[C@@H]2O)OC(CO)[C@@H](O[C@@H]2OC(CO)[C@H](O)[C@H](O)C2NC(=O)CN=[N+]=[N-])[C@@H]1O. The normalized spacial score (nSPS) is 33.8. The molecule has 0 saturated carbocycles. The number of nitrogens with one attached hydrogen (secondary N) is 2. The molecule has 12 N–H and O–H groups in total. The van der Waals surface area contributed by atoms with Gasteiger partial charge in [0.25, 0.3) is 0 Å². The molecule has 3 amide bonds. The first-order valence-corrected chi connectivity index (χ1v) is 22.6. The standard InChI is InChI=1S/C39H65N6O20P/c1-19(2)8-6-9-20(3)10-7-11-21(4)12-13-58-14-15-59-66(56,57)65-39-35(32(54)31(53)34(63-39)36(40)55)64-38-27(43-22(5)48)30(52)33(24(18-47)61-38)62-37-26(44-25(49)16-42-45-41)29(51)28(50)23(17-46)60-37/h8,10,12,23-24,26-35,37-39,46-47,50-54H,6-7,9,11,13-18H2,1-5H3,(H2,40,55)(H,43,48)(H,44,49)(H,56,57)/b20-10+,21-12-/t23?,24?,26?,27?,28-,29+,30+,31+,32-,33+,34?,35?,37-,38-,39+/m0/s1. The van der Waals surface area contributed by atoms with Gasteiger partial charge in [0.2, 0.25) is 17.7 Å². The van der Waals surface area contributed by atoms with Crippen LogP contribution in [0.15, 0.2) is 40.1 Å². The average Bonchev–Trinajstić information content (AvgIpc) is 3.24. The lowest BCUT2D eigenvalue weighted by Gasteiger charge is -2.49. The van der Waals surface area contributed by atoms with Crippen LogP contribution in [-0.4, -0.2) is 190 Å². The van der Waals surface area contributed by atoms with Crippen molar-refractivity contribution in [3.05, 3.63) is 45.4 Å². The van der Waals surface area contributed by atoms with Gasteiger partial charge in [0.05, 0.1) is 33.0 Å². The lowest BCUT2D eigenvalue weighted by atomic mass is 9.94. The Morgan fingerprint density at radius 2 is 1.35 bits per heavy atom. The zero-order valence-corrected chi connectivity index (χ0v) is 38.2. The minimum absolute atomic E-state index is 0.155. The average molecular weight is 969 g/mol. The quantitative estimate of drug-likeness (QED) is 0.0119. The van der Waals surface area contributed by atoms with E-state index in [4.69, 9.17) is 48.7 Å². The highest BCUT2D eigenvalue weighted by molar-refractivity contribution is 7.47. The predicted molar refractivity (Wildman–Crippen MR) is 226 cm³/mol.